The molecule has 0 fully saturated rings. The van der Waals surface area contributed by atoms with Gasteiger partial charge in [0.05, 0.1) is 10.2 Å². The molecule has 0 radical (unpaired) electrons. The molecule has 3 heteroatoms. The first kappa shape index (κ1) is 4.56. The van der Waals surface area contributed by atoms with Crippen LogP contribution >= 0.6 is 0 Å². The molecular weight excluding hydrogens is 80.1 g/mol. The lowest BCUT2D eigenvalue weighted by atomic mass is 10.9. The zero-order valence-electron chi connectivity index (χ0n) is 3.23. The van der Waals surface area contributed by atoms with Crippen LogP contribution in [0.5, 0.6) is 0 Å². The molecule has 0 unspecified atom stereocenters. The zero-order chi connectivity index (χ0) is 4.28. The molecule has 0 heterocycles. The number of hydrogen-bond acceptors (Lipinski definition) is 2. The van der Waals surface area contributed by atoms with Crippen LogP contribution in [0.25, 0.3) is 0 Å². The highest BCUT2D eigenvalue weighted by molar-refractivity contribution is 6.20. The zero-order valence-corrected chi connectivity index (χ0v) is 5.23. The van der Waals surface area contributed by atoms with Crippen molar-refractivity contribution in [2.45, 2.75) is 0 Å². The van der Waals surface area contributed by atoms with Crippen molar-refractivity contribution < 1.29 is 0 Å². The fraction of sp³-hybridized carbons (Fsp3) is 0. The molecule has 0 atom stereocenters. The summed E-state index contributed by atoms with van der Waals surface area (Å²) in [5, 5.41) is 0.796. The summed E-state index contributed by atoms with van der Waals surface area (Å²) in [7, 11) is 0.883. The van der Waals surface area contributed by atoms with E-state index in [2.05, 4.69) is 0 Å². The van der Waals surface area contributed by atoms with Gasteiger partial charge in [-0.2, -0.15) is 0 Å². The quantitative estimate of drug-likeness (QED) is 0.339. The Morgan fingerprint density at radius 3 is 2.00 bits per heavy atom. The number of rotatable bonds is 0. The smallest absolute Gasteiger partial charge is 0.0604 e. The van der Waals surface area contributed by atoms with Crippen molar-refractivity contribution in [3.63, 3.8) is 0 Å². The maximum atomic E-state index is 5.09. The third-order valence-corrected chi connectivity index (χ3v) is 0.596. The molecule has 0 saturated carbocycles. The Kier molecular flexibility index (Phi) is 1.68. The summed E-state index contributed by atoms with van der Waals surface area (Å²) in [6.45, 7) is 0. The molecule has 0 aromatic rings. The molecule has 0 spiro atoms. The van der Waals surface area contributed by atoms with Crippen molar-refractivity contribution >= 4 is 10.2 Å². The topological polar surface area (TPSA) is 52.0 Å². The van der Waals surface area contributed by atoms with Gasteiger partial charge in [-0.25, -0.2) is 0 Å². The van der Waals surface area contributed by atoms with Crippen LogP contribution in [-0.4, -0.2) is 10.2 Å². The Morgan fingerprint density at radius 1 is 1.80 bits per heavy atom. The lowest BCUT2D eigenvalue weighted by Gasteiger charge is -1.77. The third-order valence-electron chi connectivity index (χ3n) is 0.263. The molecule has 0 rings (SSSR count). The van der Waals surface area contributed by atoms with Crippen molar-refractivity contribution in [1.29, 1.82) is 0 Å². The minimum Gasteiger partial charge on any atom is -0.405 e. The summed E-state index contributed by atoms with van der Waals surface area (Å²) in [6.07, 6.45) is 1.42. The first-order chi connectivity index (χ1) is 2.27. The van der Waals surface area contributed by atoms with Crippen LogP contribution in [-0.2, 0) is 0 Å². The van der Waals surface area contributed by atoms with Gasteiger partial charge in [-0.15, -0.1) is 0 Å². The van der Waals surface area contributed by atoms with Gasteiger partial charge in [0.1, 0.15) is 0 Å². The molecule has 0 aliphatic rings. The fourth-order valence-electron chi connectivity index (χ4n) is 0. The average Bonchev–Trinajstić information content (AvgIpc) is 1.38. The van der Waals surface area contributed by atoms with Crippen molar-refractivity contribution in [2.24, 2.45) is 11.5 Å². The molecule has 4 N–H and O–H groups in total. The summed E-state index contributed by atoms with van der Waals surface area (Å²) in [5.74, 6) is 0. The van der Waals surface area contributed by atoms with E-state index in [0.717, 1.165) is 15.6 Å². The maximum absolute atomic E-state index is 5.09. The van der Waals surface area contributed by atoms with Crippen LogP contribution in [0.4, 0.5) is 0 Å². The standard InChI is InChI=1S/C2H8N2Si/c3-1-2(4)5/h1H,3-4H2,5H3. The predicted octanol–water partition coefficient (Wildman–Crippen LogP) is -1.93. The van der Waals surface area contributed by atoms with E-state index in [9.17, 15) is 0 Å². The number of hydrogen-bond donors (Lipinski definition) is 2. The molecule has 0 aromatic heterocycles. The minimum atomic E-state index is 0.796. The van der Waals surface area contributed by atoms with Gasteiger partial charge in [0.25, 0.3) is 0 Å². The van der Waals surface area contributed by atoms with Gasteiger partial charge in [0.2, 0.25) is 0 Å². The van der Waals surface area contributed by atoms with E-state index in [1.54, 1.807) is 0 Å². The molecular formula is C2H8N2Si. The predicted molar refractivity (Wildman–Crippen MR) is 26.4 cm³/mol. The normalized spacial score (nSPS) is 12.4. The van der Waals surface area contributed by atoms with E-state index in [1.165, 1.54) is 6.20 Å². The van der Waals surface area contributed by atoms with Gasteiger partial charge in [0, 0.05) is 6.20 Å². The molecule has 0 saturated heterocycles. The molecule has 5 heavy (non-hydrogen) atoms. The van der Waals surface area contributed by atoms with Gasteiger partial charge in [-0.3, -0.25) is 0 Å². The van der Waals surface area contributed by atoms with E-state index < -0.39 is 0 Å². The van der Waals surface area contributed by atoms with Gasteiger partial charge in [-0.05, 0) is 5.32 Å². The van der Waals surface area contributed by atoms with Gasteiger partial charge in [0.15, 0.2) is 0 Å². The van der Waals surface area contributed by atoms with E-state index in [4.69, 9.17) is 11.5 Å². The van der Waals surface area contributed by atoms with Gasteiger partial charge in [-0.1, -0.05) is 0 Å². The fourth-order valence-corrected chi connectivity index (χ4v) is 0. The molecule has 0 bridgehead atoms. The molecule has 2 nitrogen and oxygen atoms in total. The highest BCUT2D eigenvalue weighted by atomic mass is 28.1. The van der Waals surface area contributed by atoms with E-state index in [1.807, 2.05) is 0 Å². The van der Waals surface area contributed by atoms with Gasteiger partial charge < -0.3 is 11.5 Å². The first-order valence-electron chi connectivity index (χ1n) is 1.41. The van der Waals surface area contributed by atoms with Crippen LogP contribution in [0, 0.1) is 0 Å². The molecule has 0 aliphatic heterocycles. The number of nitrogens with two attached hydrogens (primary N) is 2. The second kappa shape index (κ2) is 1.84. The summed E-state index contributed by atoms with van der Waals surface area (Å²) >= 11 is 0. The summed E-state index contributed by atoms with van der Waals surface area (Å²) in [4.78, 5) is 0. The van der Waals surface area contributed by atoms with Crippen LogP contribution in [0.1, 0.15) is 0 Å². The third kappa shape index (κ3) is 3.56. The summed E-state index contributed by atoms with van der Waals surface area (Å²) in [5.41, 5.74) is 10.0. The lowest BCUT2D eigenvalue weighted by Crippen LogP contribution is -1.98. The van der Waals surface area contributed by atoms with Crippen LogP contribution in [0.15, 0.2) is 11.5 Å². The maximum Gasteiger partial charge on any atom is 0.0604 e. The van der Waals surface area contributed by atoms with Crippen molar-refractivity contribution in [2.75, 3.05) is 0 Å². The second-order valence-electron chi connectivity index (χ2n) is 0.911. The first-order valence-corrected chi connectivity index (χ1v) is 2.41. The van der Waals surface area contributed by atoms with E-state index in [0.29, 0.717) is 0 Å². The molecule has 0 amide bonds. The largest absolute Gasteiger partial charge is 0.405 e. The Balaban J connectivity index is 3.14. The highest BCUT2D eigenvalue weighted by Gasteiger charge is 1.60. The van der Waals surface area contributed by atoms with Gasteiger partial charge >= 0.3 is 0 Å². The van der Waals surface area contributed by atoms with Crippen LogP contribution in [0.3, 0.4) is 0 Å². The van der Waals surface area contributed by atoms with E-state index >= 15 is 0 Å². The van der Waals surface area contributed by atoms with Crippen molar-refractivity contribution in [3.05, 3.63) is 11.5 Å². The van der Waals surface area contributed by atoms with E-state index in [-0.39, 0.29) is 0 Å². The SMILES string of the molecule is NC=C(N)[SiH3]. The monoisotopic (exact) mass is 88.0 g/mol. The highest BCUT2D eigenvalue weighted by Crippen LogP contribution is 1.56. The molecule has 30 valence electrons. The van der Waals surface area contributed by atoms with Crippen molar-refractivity contribution in [1.82, 2.24) is 0 Å². The van der Waals surface area contributed by atoms with Crippen LogP contribution in [0.2, 0.25) is 0 Å². The Bertz CT molecular complexity index is 45.6. The Morgan fingerprint density at radius 2 is 2.00 bits per heavy atom. The second-order valence-corrected chi connectivity index (χ2v) is 2.07. The molecule has 0 aromatic carbocycles. The summed E-state index contributed by atoms with van der Waals surface area (Å²) in [6, 6.07) is 0. The summed E-state index contributed by atoms with van der Waals surface area (Å²) < 4.78 is 0. The van der Waals surface area contributed by atoms with Crippen LogP contribution < -0.4 is 11.5 Å². The van der Waals surface area contributed by atoms with Crippen molar-refractivity contribution in [3.8, 4) is 0 Å². The minimum absolute atomic E-state index is 0.796. The Labute approximate surface area is 34.3 Å². The molecule has 0 aliphatic carbocycles. The average molecular weight is 88.2 g/mol. The Hall–Kier alpha value is -0.443. The lowest BCUT2D eigenvalue weighted by molar-refractivity contribution is 1.45.